The summed E-state index contributed by atoms with van der Waals surface area (Å²) in [5.41, 5.74) is 2.08. The van der Waals surface area contributed by atoms with Crippen LogP contribution in [0.25, 0.3) is 11.1 Å². The van der Waals surface area contributed by atoms with Gasteiger partial charge in [0.05, 0.1) is 10.5 Å². The van der Waals surface area contributed by atoms with E-state index in [4.69, 9.17) is 9.90 Å². The molecule has 2 rings (SSSR count). The molecule has 2 aliphatic carbocycles. The van der Waals surface area contributed by atoms with Gasteiger partial charge in [0.15, 0.2) is 0 Å². The molecule has 0 unspecified atom stereocenters. The lowest BCUT2D eigenvalue weighted by atomic mass is 9.91. The lowest BCUT2D eigenvalue weighted by Gasteiger charge is -2.12. The van der Waals surface area contributed by atoms with Crippen LogP contribution in [0.1, 0.15) is 0 Å². The predicted molar refractivity (Wildman–Crippen MR) is 40.8 cm³/mol. The molecule has 0 aromatic rings. The quantitative estimate of drug-likeness (QED) is 0.394. The van der Waals surface area contributed by atoms with E-state index in [2.05, 4.69) is 0 Å². The normalized spacial score (nSPS) is 9.33. The minimum atomic E-state index is -0.359. The molecule has 0 saturated carbocycles. The maximum atomic E-state index is 10.0. The average molecular weight is 167 g/mol. The summed E-state index contributed by atoms with van der Waals surface area (Å²) >= 11 is 0. The molecule has 0 aromatic heterocycles. The Bertz CT molecular complexity index is 334. The second-order valence-corrected chi connectivity index (χ2v) is 2.09. The van der Waals surface area contributed by atoms with Gasteiger partial charge in [0.25, 0.3) is 12.2 Å². The van der Waals surface area contributed by atoms with E-state index in [1.54, 1.807) is 12.1 Å². The number of nitro groups is 1. The second kappa shape index (κ2) is 3.00. The van der Waals surface area contributed by atoms with Crippen molar-refractivity contribution in [2.75, 3.05) is 0 Å². The standard InChI is InChI=1S/C6H3NO2.CH2O2/c8-7(9)6-3-4-1-2-5(4)6;2-1-3/h1-3H;1H,(H,2,3). The van der Waals surface area contributed by atoms with Crippen molar-refractivity contribution in [3.63, 3.8) is 0 Å². The summed E-state index contributed by atoms with van der Waals surface area (Å²) in [5.74, 6) is 0. The van der Waals surface area contributed by atoms with E-state index < -0.39 is 0 Å². The molecule has 0 aromatic carbocycles. The Morgan fingerprint density at radius 2 is 2.08 bits per heavy atom. The van der Waals surface area contributed by atoms with Crippen molar-refractivity contribution < 1.29 is 14.8 Å². The summed E-state index contributed by atoms with van der Waals surface area (Å²) in [7, 11) is 0. The number of hydrogen-bond donors (Lipinski definition) is 1. The van der Waals surface area contributed by atoms with Crippen molar-refractivity contribution in [3.8, 4) is 11.1 Å². The maximum Gasteiger partial charge on any atom is 0.290 e. The highest BCUT2D eigenvalue weighted by Gasteiger charge is 2.25. The van der Waals surface area contributed by atoms with Gasteiger partial charge in [0, 0.05) is 6.07 Å². The topological polar surface area (TPSA) is 80.4 Å². The molecule has 0 amide bonds. The lowest BCUT2D eigenvalue weighted by Crippen LogP contribution is -1.99. The first kappa shape index (κ1) is 8.19. The predicted octanol–water partition coefficient (Wildman–Crippen LogP) is 1.28. The Kier molecular flexibility index (Phi) is 2.05. The summed E-state index contributed by atoms with van der Waals surface area (Å²) in [5, 5.41) is 16.9. The van der Waals surface area contributed by atoms with Crippen molar-refractivity contribution in [3.05, 3.63) is 28.3 Å². The van der Waals surface area contributed by atoms with Crippen LogP contribution in [0.5, 0.6) is 0 Å². The van der Waals surface area contributed by atoms with Gasteiger partial charge < -0.3 is 5.11 Å². The molecule has 0 radical (unpaired) electrons. The molecule has 0 spiro atoms. The van der Waals surface area contributed by atoms with Gasteiger partial charge in [0.2, 0.25) is 0 Å². The first-order valence-corrected chi connectivity index (χ1v) is 3.07. The Labute approximate surface area is 67.4 Å². The Hall–Kier alpha value is -1.91. The molecule has 1 N–H and O–H groups in total. The molecule has 62 valence electrons. The van der Waals surface area contributed by atoms with Crippen molar-refractivity contribution in [1.82, 2.24) is 0 Å². The zero-order valence-electron chi connectivity index (χ0n) is 5.93. The SMILES string of the molecule is O=CO.O=[N+]([O-])c1cc2ccc1-2. The van der Waals surface area contributed by atoms with Crippen LogP contribution in [0.4, 0.5) is 5.69 Å². The number of hydrogen-bond acceptors (Lipinski definition) is 3. The van der Waals surface area contributed by atoms with E-state index in [-0.39, 0.29) is 17.1 Å². The Morgan fingerprint density at radius 3 is 2.17 bits per heavy atom. The van der Waals surface area contributed by atoms with Gasteiger partial charge in [-0.05, 0) is 11.6 Å². The van der Waals surface area contributed by atoms with Gasteiger partial charge in [-0.3, -0.25) is 14.9 Å². The molecule has 0 saturated heterocycles. The van der Waals surface area contributed by atoms with E-state index in [1.807, 2.05) is 6.07 Å². The zero-order valence-corrected chi connectivity index (χ0v) is 5.93. The van der Waals surface area contributed by atoms with Gasteiger partial charge in [-0.25, -0.2) is 0 Å². The molecule has 2 aliphatic rings. The largest absolute Gasteiger partial charge is 0.483 e. The number of benzene rings is 1. The van der Waals surface area contributed by atoms with E-state index >= 15 is 0 Å². The van der Waals surface area contributed by atoms with Gasteiger partial charge >= 0.3 is 0 Å². The molecule has 5 heteroatoms. The smallest absolute Gasteiger partial charge is 0.290 e. The fourth-order valence-electron chi connectivity index (χ4n) is 0.920. The summed E-state index contributed by atoms with van der Waals surface area (Å²) in [6.07, 6.45) is 0. The number of nitrogens with zero attached hydrogens (tertiary/aromatic N) is 1. The van der Waals surface area contributed by atoms with Gasteiger partial charge in [0.1, 0.15) is 0 Å². The number of carbonyl (C=O) groups is 1. The molecule has 0 heterocycles. The van der Waals surface area contributed by atoms with Crippen molar-refractivity contribution in [1.29, 1.82) is 0 Å². The summed E-state index contributed by atoms with van der Waals surface area (Å²) in [6, 6.07) is 5.20. The molecule has 12 heavy (non-hydrogen) atoms. The molecule has 5 nitrogen and oxygen atoms in total. The van der Waals surface area contributed by atoms with Gasteiger partial charge in [-0.15, -0.1) is 0 Å². The number of carboxylic acid groups (broad SMARTS) is 1. The van der Waals surface area contributed by atoms with Crippen LogP contribution in [0.2, 0.25) is 0 Å². The van der Waals surface area contributed by atoms with Crippen LogP contribution in [0, 0.1) is 10.1 Å². The summed E-state index contributed by atoms with van der Waals surface area (Å²) < 4.78 is 0. The van der Waals surface area contributed by atoms with Crippen LogP contribution in [0.3, 0.4) is 0 Å². The third-order valence-corrected chi connectivity index (χ3v) is 1.51. The highest BCUT2D eigenvalue weighted by atomic mass is 16.6. The van der Waals surface area contributed by atoms with E-state index in [0.717, 1.165) is 11.1 Å². The summed E-state index contributed by atoms with van der Waals surface area (Å²) in [6.45, 7) is -0.250. The molecule has 0 fully saturated rings. The Morgan fingerprint density at radius 1 is 1.50 bits per heavy atom. The lowest BCUT2D eigenvalue weighted by molar-refractivity contribution is -0.385. The van der Waals surface area contributed by atoms with E-state index in [1.165, 1.54) is 0 Å². The van der Waals surface area contributed by atoms with Crippen LogP contribution < -0.4 is 0 Å². The first-order chi connectivity index (χ1) is 5.70. The summed E-state index contributed by atoms with van der Waals surface area (Å²) in [4.78, 5) is 18.0. The molecular formula is C7H5NO4. The zero-order chi connectivity index (χ0) is 9.14. The van der Waals surface area contributed by atoms with E-state index in [9.17, 15) is 10.1 Å². The highest BCUT2D eigenvalue weighted by molar-refractivity contribution is 5.87. The van der Waals surface area contributed by atoms with Crippen LogP contribution in [0.15, 0.2) is 18.2 Å². The van der Waals surface area contributed by atoms with Gasteiger partial charge in [-0.1, -0.05) is 6.07 Å². The fraction of sp³-hybridized carbons (Fsp3) is 0. The molecule has 0 atom stereocenters. The number of nitro benzene ring substituents is 1. The molecular weight excluding hydrogens is 162 g/mol. The number of rotatable bonds is 1. The number of fused-ring (bicyclic) bond motifs is 1. The fourth-order valence-corrected chi connectivity index (χ4v) is 0.920. The minimum Gasteiger partial charge on any atom is -0.483 e. The second-order valence-electron chi connectivity index (χ2n) is 2.09. The molecule has 0 aliphatic heterocycles. The maximum absolute atomic E-state index is 10.0. The minimum absolute atomic E-state index is 0.250. The Balaban J connectivity index is 0.000000213. The van der Waals surface area contributed by atoms with Crippen LogP contribution >= 0.6 is 0 Å². The van der Waals surface area contributed by atoms with Crippen LogP contribution in [-0.4, -0.2) is 16.5 Å². The van der Waals surface area contributed by atoms with Crippen molar-refractivity contribution in [2.24, 2.45) is 0 Å². The van der Waals surface area contributed by atoms with Crippen molar-refractivity contribution in [2.45, 2.75) is 0 Å². The van der Waals surface area contributed by atoms with E-state index in [0.29, 0.717) is 0 Å². The van der Waals surface area contributed by atoms with Crippen molar-refractivity contribution >= 4 is 12.2 Å². The van der Waals surface area contributed by atoms with Crippen LogP contribution in [-0.2, 0) is 4.79 Å². The average Bonchev–Trinajstić information content (AvgIpc) is 1.96. The monoisotopic (exact) mass is 167 g/mol. The molecule has 0 bridgehead atoms. The highest BCUT2D eigenvalue weighted by Crippen LogP contribution is 2.41. The third kappa shape index (κ3) is 1.12. The first-order valence-electron chi connectivity index (χ1n) is 3.07. The van der Waals surface area contributed by atoms with Gasteiger partial charge in [-0.2, -0.15) is 0 Å². The third-order valence-electron chi connectivity index (χ3n) is 1.51.